The minimum Gasteiger partial charge on any atom is -0.383 e. The second kappa shape index (κ2) is 6.95. The van der Waals surface area contributed by atoms with E-state index in [9.17, 15) is 4.79 Å². The summed E-state index contributed by atoms with van der Waals surface area (Å²) < 4.78 is 0.627. The summed E-state index contributed by atoms with van der Waals surface area (Å²) >= 11 is 6.91. The molecule has 1 atom stereocenters. The average Bonchev–Trinajstić information content (AvgIpc) is 2.82. The fraction of sp³-hybridized carbons (Fsp3) is 0.263. The predicted octanol–water partition coefficient (Wildman–Crippen LogP) is 4.46. The molecule has 1 amide bonds. The SMILES string of the molecule is Cc1ccc(NCC2SC(=S)N(c3ccc(C)cc3C)C2=O)cc1. The normalized spacial score (nSPS) is 17.5. The number of rotatable bonds is 4. The summed E-state index contributed by atoms with van der Waals surface area (Å²) in [4.78, 5) is 14.5. The number of benzene rings is 2. The molecule has 2 aromatic carbocycles. The maximum absolute atomic E-state index is 12.8. The highest BCUT2D eigenvalue weighted by molar-refractivity contribution is 8.25. The molecule has 124 valence electrons. The topological polar surface area (TPSA) is 32.3 Å². The van der Waals surface area contributed by atoms with Gasteiger partial charge in [-0.05, 0) is 44.5 Å². The Morgan fingerprint density at radius 1 is 1.08 bits per heavy atom. The van der Waals surface area contributed by atoms with E-state index in [1.807, 2.05) is 38.1 Å². The highest BCUT2D eigenvalue weighted by Crippen LogP contribution is 2.34. The van der Waals surface area contributed by atoms with E-state index in [4.69, 9.17) is 12.2 Å². The lowest BCUT2D eigenvalue weighted by molar-refractivity contribution is -0.116. The van der Waals surface area contributed by atoms with E-state index in [0.717, 1.165) is 16.9 Å². The number of anilines is 2. The van der Waals surface area contributed by atoms with Crippen LogP contribution >= 0.6 is 24.0 Å². The molecule has 1 aliphatic rings. The molecule has 0 saturated carbocycles. The first kappa shape index (κ1) is 17.0. The number of nitrogens with zero attached hydrogens (tertiary/aromatic N) is 1. The zero-order valence-corrected chi connectivity index (χ0v) is 15.6. The van der Waals surface area contributed by atoms with Gasteiger partial charge in [-0.2, -0.15) is 0 Å². The van der Waals surface area contributed by atoms with E-state index < -0.39 is 0 Å². The van der Waals surface area contributed by atoms with Crippen molar-refractivity contribution in [1.82, 2.24) is 0 Å². The first-order valence-electron chi connectivity index (χ1n) is 7.88. The van der Waals surface area contributed by atoms with Crippen LogP contribution in [-0.4, -0.2) is 22.0 Å². The van der Waals surface area contributed by atoms with Gasteiger partial charge in [0.15, 0.2) is 0 Å². The summed E-state index contributed by atoms with van der Waals surface area (Å²) in [6, 6.07) is 14.2. The van der Waals surface area contributed by atoms with E-state index in [-0.39, 0.29) is 11.2 Å². The maximum Gasteiger partial charge on any atom is 0.247 e. The molecule has 2 aromatic rings. The quantitative estimate of drug-likeness (QED) is 0.820. The highest BCUT2D eigenvalue weighted by atomic mass is 32.2. The minimum atomic E-state index is -0.195. The first-order chi connectivity index (χ1) is 11.5. The molecular weight excluding hydrogens is 336 g/mol. The zero-order chi connectivity index (χ0) is 17.3. The summed E-state index contributed by atoms with van der Waals surface area (Å²) in [5.74, 6) is 0.0524. The number of carbonyl (C=O) groups is 1. The number of thioether (sulfide) groups is 1. The Morgan fingerprint density at radius 2 is 1.75 bits per heavy atom. The van der Waals surface area contributed by atoms with Gasteiger partial charge in [0.25, 0.3) is 0 Å². The van der Waals surface area contributed by atoms with Gasteiger partial charge in [-0.15, -0.1) is 0 Å². The van der Waals surface area contributed by atoms with Gasteiger partial charge in [0.2, 0.25) is 5.91 Å². The van der Waals surface area contributed by atoms with Crippen molar-refractivity contribution in [2.75, 3.05) is 16.8 Å². The Labute approximate surface area is 152 Å². The largest absolute Gasteiger partial charge is 0.383 e. The van der Waals surface area contributed by atoms with Gasteiger partial charge in [0.05, 0.1) is 5.69 Å². The van der Waals surface area contributed by atoms with Gasteiger partial charge in [-0.1, -0.05) is 59.4 Å². The van der Waals surface area contributed by atoms with Crippen molar-refractivity contribution in [1.29, 1.82) is 0 Å². The second-order valence-electron chi connectivity index (χ2n) is 6.08. The molecule has 0 bridgehead atoms. The zero-order valence-electron chi connectivity index (χ0n) is 14.0. The number of hydrogen-bond acceptors (Lipinski definition) is 4. The Bertz CT molecular complexity index is 786. The van der Waals surface area contributed by atoms with Crippen LogP contribution in [0.2, 0.25) is 0 Å². The van der Waals surface area contributed by atoms with Crippen molar-refractivity contribution in [2.45, 2.75) is 26.0 Å². The maximum atomic E-state index is 12.8. The van der Waals surface area contributed by atoms with E-state index in [2.05, 4.69) is 30.4 Å². The summed E-state index contributed by atoms with van der Waals surface area (Å²) in [7, 11) is 0. The lowest BCUT2D eigenvalue weighted by atomic mass is 10.1. The fourth-order valence-electron chi connectivity index (χ4n) is 2.74. The number of aryl methyl sites for hydroxylation is 3. The van der Waals surface area contributed by atoms with Crippen molar-refractivity contribution < 1.29 is 4.79 Å². The molecule has 1 unspecified atom stereocenters. The molecular formula is C19H20N2OS2. The van der Waals surface area contributed by atoms with Gasteiger partial charge in [-0.25, -0.2) is 0 Å². The van der Waals surface area contributed by atoms with Crippen LogP contribution in [0.25, 0.3) is 0 Å². The minimum absolute atomic E-state index is 0.0524. The van der Waals surface area contributed by atoms with Crippen LogP contribution < -0.4 is 10.2 Å². The standard InChI is InChI=1S/C19H20N2OS2/c1-12-4-7-15(8-5-12)20-11-17-18(22)21(19(23)24-17)16-9-6-13(2)10-14(16)3/h4-10,17,20H,11H2,1-3H3. The van der Waals surface area contributed by atoms with Crippen molar-refractivity contribution in [2.24, 2.45) is 0 Å². The first-order valence-corrected chi connectivity index (χ1v) is 9.17. The fourth-order valence-corrected chi connectivity index (χ4v) is 4.19. The predicted molar refractivity (Wildman–Crippen MR) is 107 cm³/mol. The van der Waals surface area contributed by atoms with Crippen LogP contribution in [0, 0.1) is 20.8 Å². The molecule has 0 aliphatic carbocycles. The number of amides is 1. The van der Waals surface area contributed by atoms with Crippen LogP contribution in [0.3, 0.4) is 0 Å². The van der Waals surface area contributed by atoms with Crippen molar-refractivity contribution in [3.63, 3.8) is 0 Å². The summed E-state index contributed by atoms with van der Waals surface area (Å²) in [6.07, 6.45) is 0. The summed E-state index contributed by atoms with van der Waals surface area (Å²) in [6.45, 7) is 6.68. The Morgan fingerprint density at radius 3 is 2.42 bits per heavy atom. The number of nitrogens with one attached hydrogen (secondary N) is 1. The van der Waals surface area contributed by atoms with E-state index in [1.54, 1.807) is 4.90 Å². The molecule has 3 rings (SSSR count). The van der Waals surface area contributed by atoms with Crippen LogP contribution in [0.15, 0.2) is 42.5 Å². The summed E-state index contributed by atoms with van der Waals surface area (Å²) in [5.41, 5.74) is 5.37. The van der Waals surface area contributed by atoms with Crippen molar-refractivity contribution in [3.8, 4) is 0 Å². The number of hydrogen-bond donors (Lipinski definition) is 1. The van der Waals surface area contributed by atoms with E-state index >= 15 is 0 Å². The van der Waals surface area contributed by atoms with Crippen LogP contribution in [0.1, 0.15) is 16.7 Å². The monoisotopic (exact) mass is 356 g/mol. The van der Waals surface area contributed by atoms with Crippen molar-refractivity contribution in [3.05, 3.63) is 59.2 Å². The second-order valence-corrected chi connectivity index (χ2v) is 7.92. The van der Waals surface area contributed by atoms with Crippen molar-refractivity contribution >= 4 is 45.6 Å². The smallest absolute Gasteiger partial charge is 0.247 e. The molecule has 1 N–H and O–H groups in total. The van der Waals surface area contributed by atoms with Gasteiger partial charge in [0, 0.05) is 12.2 Å². The number of carbonyl (C=O) groups excluding carboxylic acids is 1. The van der Waals surface area contributed by atoms with Crippen LogP contribution in [-0.2, 0) is 4.79 Å². The van der Waals surface area contributed by atoms with Gasteiger partial charge in [0.1, 0.15) is 9.57 Å². The third-order valence-corrected chi connectivity index (χ3v) is 5.57. The Hall–Kier alpha value is -1.85. The molecule has 1 fully saturated rings. The molecule has 1 saturated heterocycles. The lowest BCUT2D eigenvalue weighted by Gasteiger charge is -2.18. The van der Waals surface area contributed by atoms with Gasteiger partial charge < -0.3 is 5.32 Å². The molecule has 5 heteroatoms. The molecule has 0 radical (unpaired) electrons. The third kappa shape index (κ3) is 3.47. The molecule has 3 nitrogen and oxygen atoms in total. The average molecular weight is 357 g/mol. The molecule has 1 heterocycles. The van der Waals surface area contributed by atoms with Crippen LogP contribution in [0.4, 0.5) is 11.4 Å². The highest BCUT2D eigenvalue weighted by Gasteiger charge is 2.38. The van der Waals surface area contributed by atoms with E-state index in [0.29, 0.717) is 10.9 Å². The molecule has 24 heavy (non-hydrogen) atoms. The van der Waals surface area contributed by atoms with E-state index in [1.165, 1.54) is 22.9 Å². The molecule has 0 spiro atoms. The lowest BCUT2D eigenvalue weighted by Crippen LogP contribution is -2.34. The Kier molecular flexibility index (Phi) is 4.92. The number of thiocarbonyl (C=S) groups is 1. The Balaban J connectivity index is 1.73. The molecule has 1 aliphatic heterocycles. The van der Waals surface area contributed by atoms with Gasteiger partial charge >= 0.3 is 0 Å². The van der Waals surface area contributed by atoms with Gasteiger partial charge in [-0.3, -0.25) is 9.69 Å². The molecule has 0 aromatic heterocycles. The van der Waals surface area contributed by atoms with Crippen LogP contribution in [0.5, 0.6) is 0 Å². The summed E-state index contributed by atoms with van der Waals surface area (Å²) in [5, 5.41) is 3.14. The third-order valence-electron chi connectivity index (χ3n) is 4.06.